The molecular formula is C10H13NO2S. The van der Waals surface area contributed by atoms with Gasteiger partial charge in [0.15, 0.2) is 0 Å². The van der Waals surface area contributed by atoms with Gasteiger partial charge in [0.25, 0.3) is 0 Å². The average Bonchev–Trinajstić information content (AvgIpc) is 2.14. The molecule has 0 aliphatic carbocycles. The highest BCUT2D eigenvalue weighted by Gasteiger charge is 2.30. The largest absolute Gasteiger partial charge is 0.441 e. The second-order valence-corrected chi connectivity index (χ2v) is 3.27. The molecule has 14 heavy (non-hydrogen) atoms. The molecular weight excluding hydrogens is 198 g/mol. The maximum absolute atomic E-state index is 11.3. The maximum Gasteiger partial charge on any atom is 0.425 e. The molecule has 0 aromatic carbocycles. The van der Waals surface area contributed by atoms with E-state index in [0.717, 1.165) is 11.3 Å². The van der Waals surface area contributed by atoms with Gasteiger partial charge < -0.3 is 4.74 Å². The normalized spacial score (nSPS) is 28.1. The van der Waals surface area contributed by atoms with Crippen LogP contribution >= 0.6 is 12.8 Å². The molecule has 0 saturated carbocycles. The number of thiol groups is 1. The molecule has 1 aliphatic heterocycles. The number of ether oxygens (including phenoxy) is 1. The monoisotopic (exact) mass is 211 g/mol. The van der Waals surface area contributed by atoms with Gasteiger partial charge in [0.05, 0.1) is 5.70 Å². The molecule has 1 saturated heterocycles. The Kier molecular flexibility index (Phi) is 3.41. The highest BCUT2D eigenvalue weighted by atomic mass is 32.1. The third-order valence-electron chi connectivity index (χ3n) is 2.00. The summed E-state index contributed by atoms with van der Waals surface area (Å²) in [6, 6.07) is 0. The van der Waals surface area contributed by atoms with Crippen molar-refractivity contribution >= 4 is 18.9 Å². The summed E-state index contributed by atoms with van der Waals surface area (Å²) in [7, 11) is 0. The predicted molar refractivity (Wildman–Crippen MR) is 58.8 cm³/mol. The topological polar surface area (TPSA) is 29.5 Å². The van der Waals surface area contributed by atoms with Gasteiger partial charge in [-0.05, 0) is 19.9 Å². The summed E-state index contributed by atoms with van der Waals surface area (Å²) < 4.78 is 6.22. The van der Waals surface area contributed by atoms with E-state index in [1.165, 1.54) is 4.31 Å². The van der Waals surface area contributed by atoms with E-state index in [1.807, 2.05) is 19.9 Å². The lowest BCUT2D eigenvalue weighted by molar-refractivity contribution is 0.0984. The van der Waals surface area contributed by atoms with Gasteiger partial charge in [0.2, 0.25) is 0 Å². The fourth-order valence-corrected chi connectivity index (χ4v) is 1.58. The van der Waals surface area contributed by atoms with E-state index in [9.17, 15) is 4.79 Å². The number of amides is 1. The van der Waals surface area contributed by atoms with E-state index in [2.05, 4.69) is 19.4 Å². The predicted octanol–water partition coefficient (Wildman–Crippen LogP) is 2.69. The van der Waals surface area contributed by atoms with Crippen LogP contribution < -0.4 is 0 Å². The lowest BCUT2D eigenvalue weighted by Gasteiger charge is -2.30. The molecule has 76 valence electrons. The third kappa shape index (κ3) is 1.85. The van der Waals surface area contributed by atoms with Crippen LogP contribution in [-0.2, 0) is 4.74 Å². The number of rotatable bonds is 1. The molecule has 0 aromatic heterocycles. The van der Waals surface area contributed by atoms with E-state index in [1.54, 1.807) is 12.2 Å². The molecule has 1 heterocycles. The first-order chi connectivity index (χ1) is 6.61. The molecule has 0 bridgehead atoms. The van der Waals surface area contributed by atoms with Crippen LogP contribution in [0.25, 0.3) is 0 Å². The Balaban J connectivity index is 3.12. The van der Waals surface area contributed by atoms with Crippen LogP contribution in [0.5, 0.6) is 0 Å². The molecule has 0 spiro atoms. The summed E-state index contributed by atoms with van der Waals surface area (Å²) in [5, 5.41) is 0. The Hall–Kier alpha value is -1.16. The van der Waals surface area contributed by atoms with E-state index < -0.39 is 6.09 Å². The fraction of sp³-hybridized carbons (Fsp3) is 0.300. The van der Waals surface area contributed by atoms with Crippen molar-refractivity contribution in [3.63, 3.8) is 0 Å². The Labute approximate surface area is 89.3 Å². The zero-order valence-corrected chi connectivity index (χ0v) is 9.12. The summed E-state index contributed by atoms with van der Waals surface area (Å²) in [6.45, 7) is 7.31. The van der Waals surface area contributed by atoms with Gasteiger partial charge in [0, 0.05) is 5.57 Å². The number of nitrogens with zero attached hydrogens (tertiary/aromatic N) is 1. The van der Waals surface area contributed by atoms with Crippen molar-refractivity contribution in [3.8, 4) is 0 Å². The number of allylic oxidation sites excluding steroid dienone is 3. The van der Waals surface area contributed by atoms with Crippen LogP contribution in [0.2, 0.25) is 0 Å². The fourth-order valence-electron chi connectivity index (χ4n) is 1.35. The SMILES string of the molecule is C=C/C=C1\C(=C/C)C(C)OC(=O)N1S. The molecule has 1 fully saturated rings. The highest BCUT2D eigenvalue weighted by molar-refractivity contribution is 7.78. The second-order valence-electron chi connectivity index (χ2n) is 2.87. The first-order valence-corrected chi connectivity index (χ1v) is 4.70. The first kappa shape index (κ1) is 10.9. The zero-order chi connectivity index (χ0) is 10.7. The smallest absolute Gasteiger partial charge is 0.425 e. The van der Waals surface area contributed by atoms with E-state index in [4.69, 9.17) is 4.74 Å². The molecule has 3 nitrogen and oxygen atoms in total. The van der Waals surface area contributed by atoms with Crippen LogP contribution in [0.1, 0.15) is 13.8 Å². The van der Waals surface area contributed by atoms with Crippen molar-refractivity contribution in [2.24, 2.45) is 0 Å². The molecule has 4 heteroatoms. The Morgan fingerprint density at radius 3 is 2.79 bits per heavy atom. The van der Waals surface area contributed by atoms with E-state index in [0.29, 0.717) is 0 Å². The number of hydrogen-bond donors (Lipinski definition) is 1. The second kappa shape index (κ2) is 4.37. The molecule has 0 aromatic rings. The Morgan fingerprint density at radius 1 is 1.64 bits per heavy atom. The Bertz CT molecular complexity index is 320. The number of hydrogen-bond acceptors (Lipinski definition) is 3. The standard InChI is InChI=1S/C10H13NO2S/c1-4-6-9-8(5-2)7(3)13-10(12)11(9)14/h4-7,14H,1H2,2-3H3/b8-5-,9-6+. The Morgan fingerprint density at radius 2 is 2.29 bits per heavy atom. The van der Waals surface area contributed by atoms with Gasteiger partial charge in [-0.25, -0.2) is 9.10 Å². The van der Waals surface area contributed by atoms with Gasteiger partial charge >= 0.3 is 6.09 Å². The average molecular weight is 211 g/mol. The van der Waals surface area contributed by atoms with Crippen molar-refractivity contribution in [2.45, 2.75) is 20.0 Å². The lowest BCUT2D eigenvalue weighted by atomic mass is 10.1. The summed E-state index contributed by atoms with van der Waals surface area (Å²) >= 11 is 4.04. The molecule has 0 radical (unpaired) electrons. The van der Waals surface area contributed by atoms with Crippen LogP contribution in [0.4, 0.5) is 4.79 Å². The molecule has 1 unspecified atom stereocenters. The summed E-state index contributed by atoms with van der Waals surface area (Å²) in [5.74, 6) is 0. The van der Waals surface area contributed by atoms with Crippen molar-refractivity contribution < 1.29 is 9.53 Å². The van der Waals surface area contributed by atoms with Gasteiger partial charge in [-0.15, -0.1) is 0 Å². The van der Waals surface area contributed by atoms with Gasteiger partial charge in [-0.3, -0.25) is 0 Å². The molecule has 1 amide bonds. The number of carbonyl (C=O) groups excluding carboxylic acids is 1. The number of cyclic esters (lactones) is 1. The summed E-state index contributed by atoms with van der Waals surface area (Å²) in [4.78, 5) is 11.3. The van der Waals surface area contributed by atoms with Gasteiger partial charge in [0.1, 0.15) is 6.10 Å². The van der Waals surface area contributed by atoms with Crippen LogP contribution in [0.15, 0.2) is 36.1 Å². The maximum atomic E-state index is 11.3. The lowest BCUT2D eigenvalue weighted by Crippen LogP contribution is -2.35. The van der Waals surface area contributed by atoms with Crippen LogP contribution in [0, 0.1) is 0 Å². The van der Waals surface area contributed by atoms with E-state index >= 15 is 0 Å². The third-order valence-corrected chi connectivity index (χ3v) is 2.38. The van der Waals surface area contributed by atoms with Gasteiger partial charge in [-0.2, -0.15) is 0 Å². The summed E-state index contributed by atoms with van der Waals surface area (Å²) in [5.41, 5.74) is 1.65. The molecule has 0 N–H and O–H groups in total. The number of carbonyl (C=O) groups is 1. The zero-order valence-electron chi connectivity index (χ0n) is 8.23. The minimum atomic E-state index is -0.459. The van der Waals surface area contributed by atoms with Crippen molar-refractivity contribution in [2.75, 3.05) is 0 Å². The highest BCUT2D eigenvalue weighted by Crippen LogP contribution is 2.28. The molecule has 1 rings (SSSR count). The minimum absolute atomic E-state index is 0.234. The summed E-state index contributed by atoms with van der Waals surface area (Å²) in [6.07, 6.45) is 4.56. The van der Waals surface area contributed by atoms with Gasteiger partial charge in [-0.1, -0.05) is 31.5 Å². The van der Waals surface area contributed by atoms with Crippen LogP contribution in [-0.4, -0.2) is 16.5 Å². The van der Waals surface area contributed by atoms with E-state index in [-0.39, 0.29) is 6.10 Å². The van der Waals surface area contributed by atoms with Crippen molar-refractivity contribution in [3.05, 3.63) is 36.1 Å². The first-order valence-electron chi connectivity index (χ1n) is 4.30. The molecule has 1 aliphatic rings. The quantitative estimate of drug-likeness (QED) is 0.676. The van der Waals surface area contributed by atoms with Crippen molar-refractivity contribution in [1.82, 2.24) is 4.31 Å². The van der Waals surface area contributed by atoms with Crippen molar-refractivity contribution in [1.29, 1.82) is 0 Å². The minimum Gasteiger partial charge on any atom is -0.441 e. The van der Waals surface area contributed by atoms with Crippen LogP contribution in [0.3, 0.4) is 0 Å². The molecule has 1 atom stereocenters.